The highest BCUT2D eigenvalue weighted by atomic mass is 16.5. The molecule has 0 saturated carbocycles. The summed E-state index contributed by atoms with van der Waals surface area (Å²) in [5.41, 5.74) is 1.34. The molecule has 0 bridgehead atoms. The molecule has 0 atom stereocenters. The van der Waals surface area contributed by atoms with Crippen LogP contribution in [0.15, 0.2) is 24.3 Å². The molecule has 1 rings (SSSR count). The van der Waals surface area contributed by atoms with E-state index in [0.29, 0.717) is 5.92 Å². The highest BCUT2D eigenvalue weighted by Gasteiger charge is 1.96. The Balaban J connectivity index is 1.98. The van der Waals surface area contributed by atoms with Gasteiger partial charge in [-0.3, -0.25) is 0 Å². The summed E-state index contributed by atoms with van der Waals surface area (Å²) < 4.78 is 10.7. The first-order valence-electron chi connectivity index (χ1n) is 7.13. The highest BCUT2D eigenvalue weighted by molar-refractivity contribution is 5.27. The number of methoxy groups -OCH3 is 1. The minimum Gasteiger partial charge on any atom is -0.497 e. The van der Waals surface area contributed by atoms with Crippen LogP contribution in [-0.4, -0.2) is 33.4 Å². The Morgan fingerprint density at radius 1 is 1.11 bits per heavy atom. The average molecular weight is 265 g/mol. The number of ether oxygens (including phenoxy) is 2. The van der Waals surface area contributed by atoms with E-state index in [1.54, 1.807) is 7.11 Å². The second-order valence-electron chi connectivity index (χ2n) is 5.17. The largest absolute Gasteiger partial charge is 0.497 e. The Morgan fingerprint density at radius 2 is 1.84 bits per heavy atom. The number of hydrogen-bond acceptors (Lipinski definition) is 3. The molecular weight excluding hydrogens is 238 g/mol. The fraction of sp³-hybridized carbons (Fsp3) is 0.625. The maximum Gasteiger partial charge on any atom is 0.118 e. The predicted octanol–water partition coefficient (Wildman–Crippen LogP) is 2.89. The van der Waals surface area contributed by atoms with Crippen LogP contribution in [-0.2, 0) is 11.2 Å². The van der Waals surface area contributed by atoms with Crippen LogP contribution < -0.4 is 10.1 Å². The van der Waals surface area contributed by atoms with Crippen LogP contribution in [0.3, 0.4) is 0 Å². The van der Waals surface area contributed by atoms with E-state index in [1.165, 1.54) is 5.56 Å². The summed E-state index contributed by atoms with van der Waals surface area (Å²) in [5, 5.41) is 3.44. The quantitative estimate of drug-likeness (QED) is 0.660. The van der Waals surface area contributed by atoms with Crippen molar-refractivity contribution in [1.29, 1.82) is 0 Å². The molecule has 0 aliphatic carbocycles. The van der Waals surface area contributed by atoms with E-state index in [9.17, 15) is 0 Å². The van der Waals surface area contributed by atoms with Gasteiger partial charge in [-0.2, -0.15) is 0 Å². The third-order valence-electron chi connectivity index (χ3n) is 2.84. The zero-order chi connectivity index (χ0) is 13.9. The molecule has 3 heteroatoms. The standard InChI is InChI=1S/C16H27NO2/c1-14(2)13-19-12-4-10-17-11-9-15-5-7-16(18-3)8-6-15/h5-8,14,17H,4,9-13H2,1-3H3. The first kappa shape index (κ1) is 16.0. The molecule has 0 saturated heterocycles. The van der Waals surface area contributed by atoms with Crippen molar-refractivity contribution >= 4 is 0 Å². The molecule has 108 valence electrons. The second kappa shape index (κ2) is 9.82. The molecule has 0 heterocycles. The van der Waals surface area contributed by atoms with Gasteiger partial charge in [0.15, 0.2) is 0 Å². The molecule has 0 aliphatic rings. The SMILES string of the molecule is COc1ccc(CCNCCCOCC(C)C)cc1. The van der Waals surface area contributed by atoms with Gasteiger partial charge in [0.1, 0.15) is 5.75 Å². The minimum absolute atomic E-state index is 0.628. The monoisotopic (exact) mass is 265 g/mol. The summed E-state index contributed by atoms with van der Waals surface area (Å²) in [7, 11) is 1.69. The van der Waals surface area contributed by atoms with Crippen LogP contribution in [0.4, 0.5) is 0 Å². The molecule has 0 aliphatic heterocycles. The van der Waals surface area contributed by atoms with Gasteiger partial charge in [-0.15, -0.1) is 0 Å². The first-order chi connectivity index (χ1) is 9.22. The Kier molecular flexibility index (Phi) is 8.26. The van der Waals surface area contributed by atoms with Gasteiger partial charge in [0, 0.05) is 13.2 Å². The van der Waals surface area contributed by atoms with E-state index in [0.717, 1.165) is 44.9 Å². The summed E-state index contributed by atoms with van der Waals surface area (Å²) in [6, 6.07) is 8.25. The molecule has 0 spiro atoms. The summed E-state index contributed by atoms with van der Waals surface area (Å²) in [4.78, 5) is 0. The van der Waals surface area contributed by atoms with E-state index in [-0.39, 0.29) is 0 Å². The molecule has 0 radical (unpaired) electrons. The van der Waals surface area contributed by atoms with Crippen molar-refractivity contribution in [1.82, 2.24) is 5.32 Å². The van der Waals surface area contributed by atoms with E-state index in [4.69, 9.17) is 9.47 Å². The third-order valence-corrected chi connectivity index (χ3v) is 2.84. The van der Waals surface area contributed by atoms with Crippen LogP contribution in [0.1, 0.15) is 25.8 Å². The maximum absolute atomic E-state index is 5.53. The lowest BCUT2D eigenvalue weighted by Gasteiger charge is -2.08. The molecular formula is C16H27NO2. The predicted molar refractivity (Wildman–Crippen MR) is 79.8 cm³/mol. The van der Waals surface area contributed by atoms with Crippen molar-refractivity contribution in [3.05, 3.63) is 29.8 Å². The van der Waals surface area contributed by atoms with Gasteiger partial charge in [-0.1, -0.05) is 26.0 Å². The van der Waals surface area contributed by atoms with Gasteiger partial charge < -0.3 is 14.8 Å². The van der Waals surface area contributed by atoms with Crippen molar-refractivity contribution in [2.24, 2.45) is 5.92 Å². The topological polar surface area (TPSA) is 30.5 Å². The average Bonchev–Trinajstić information content (AvgIpc) is 2.42. The second-order valence-corrected chi connectivity index (χ2v) is 5.17. The van der Waals surface area contributed by atoms with E-state index < -0.39 is 0 Å². The zero-order valence-electron chi connectivity index (χ0n) is 12.4. The van der Waals surface area contributed by atoms with E-state index >= 15 is 0 Å². The Morgan fingerprint density at radius 3 is 2.47 bits per heavy atom. The molecule has 1 aromatic rings. The van der Waals surface area contributed by atoms with Crippen LogP contribution in [0.5, 0.6) is 5.75 Å². The van der Waals surface area contributed by atoms with Crippen LogP contribution >= 0.6 is 0 Å². The van der Waals surface area contributed by atoms with Crippen molar-refractivity contribution < 1.29 is 9.47 Å². The third kappa shape index (κ3) is 7.85. The van der Waals surface area contributed by atoms with E-state index in [1.807, 2.05) is 12.1 Å². The lowest BCUT2D eigenvalue weighted by molar-refractivity contribution is 0.108. The lowest BCUT2D eigenvalue weighted by Crippen LogP contribution is -2.20. The molecule has 0 amide bonds. The summed E-state index contributed by atoms with van der Waals surface area (Å²) in [5.74, 6) is 1.54. The molecule has 1 aromatic carbocycles. The number of rotatable bonds is 10. The number of benzene rings is 1. The van der Waals surface area contributed by atoms with Crippen LogP contribution in [0.2, 0.25) is 0 Å². The van der Waals surface area contributed by atoms with Crippen LogP contribution in [0.25, 0.3) is 0 Å². The summed E-state index contributed by atoms with van der Waals surface area (Å²) in [6.45, 7) is 8.10. The highest BCUT2D eigenvalue weighted by Crippen LogP contribution is 2.11. The number of hydrogen-bond donors (Lipinski definition) is 1. The fourth-order valence-electron chi connectivity index (χ4n) is 1.77. The van der Waals surface area contributed by atoms with Crippen molar-refractivity contribution in [3.8, 4) is 5.75 Å². The molecule has 19 heavy (non-hydrogen) atoms. The Hall–Kier alpha value is -1.06. The molecule has 0 fully saturated rings. The lowest BCUT2D eigenvalue weighted by atomic mass is 10.1. The van der Waals surface area contributed by atoms with Gasteiger partial charge in [0.25, 0.3) is 0 Å². The Labute approximate surface area is 117 Å². The van der Waals surface area contributed by atoms with Gasteiger partial charge in [-0.25, -0.2) is 0 Å². The van der Waals surface area contributed by atoms with Crippen molar-refractivity contribution in [2.45, 2.75) is 26.7 Å². The van der Waals surface area contributed by atoms with Crippen LogP contribution in [0, 0.1) is 5.92 Å². The number of nitrogens with one attached hydrogen (secondary N) is 1. The normalized spacial score (nSPS) is 10.9. The van der Waals surface area contributed by atoms with Gasteiger partial charge in [0.2, 0.25) is 0 Å². The molecule has 3 nitrogen and oxygen atoms in total. The summed E-state index contributed by atoms with van der Waals surface area (Å²) >= 11 is 0. The van der Waals surface area contributed by atoms with Crippen molar-refractivity contribution in [2.75, 3.05) is 33.4 Å². The first-order valence-corrected chi connectivity index (χ1v) is 7.13. The Bertz CT molecular complexity index is 322. The van der Waals surface area contributed by atoms with Gasteiger partial charge in [0.05, 0.1) is 7.11 Å². The van der Waals surface area contributed by atoms with Crippen molar-refractivity contribution in [3.63, 3.8) is 0 Å². The van der Waals surface area contributed by atoms with Gasteiger partial charge >= 0.3 is 0 Å². The molecule has 0 aromatic heterocycles. The zero-order valence-corrected chi connectivity index (χ0v) is 12.4. The molecule has 0 unspecified atom stereocenters. The fourth-order valence-corrected chi connectivity index (χ4v) is 1.77. The molecule has 1 N–H and O–H groups in total. The smallest absolute Gasteiger partial charge is 0.118 e. The maximum atomic E-state index is 5.53. The van der Waals surface area contributed by atoms with Gasteiger partial charge in [-0.05, 0) is 49.5 Å². The summed E-state index contributed by atoms with van der Waals surface area (Å²) in [6.07, 6.45) is 2.13. The minimum atomic E-state index is 0.628. The van der Waals surface area contributed by atoms with E-state index in [2.05, 4.69) is 31.3 Å².